The summed E-state index contributed by atoms with van der Waals surface area (Å²) >= 11 is 6.31. The minimum absolute atomic E-state index is 0.0454. The second-order valence-corrected chi connectivity index (χ2v) is 14.0. The predicted octanol–water partition coefficient (Wildman–Crippen LogP) is 3.66. The number of hydrogen-bond acceptors (Lipinski definition) is 9. The molecule has 4 atom stereocenters. The van der Waals surface area contributed by atoms with Crippen molar-refractivity contribution in [2.75, 3.05) is 13.2 Å². The van der Waals surface area contributed by atoms with Crippen molar-refractivity contribution < 1.29 is 41.8 Å². The third-order valence-corrected chi connectivity index (χ3v) is 11.4. The van der Waals surface area contributed by atoms with E-state index in [4.69, 9.17) is 30.5 Å². The quantitative estimate of drug-likeness (QED) is 0.504. The maximum Gasteiger partial charge on any atom is 0.285 e. The highest BCUT2D eigenvalue weighted by Crippen LogP contribution is 2.42. The van der Waals surface area contributed by atoms with E-state index in [-0.39, 0.29) is 46.6 Å². The van der Waals surface area contributed by atoms with Crippen LogP contribution in [-0.4, -0.2) is 74.2 Å². The molecule has 2 aromatic rings. The zero-order chi connectivity index (χ0) is 28.5. The van der Waals surface area contributed by atoms with Gasteiger partial charge in [0, 0.05) is 16.1 Å². The highest BCUT2D eigenvalue weighted by molar-refractivity contribution is 7.95. The van der Waals surface area contributed by atoms with Gasteiger partial charge in [-0.2, -0.15) is 4.36 Å². The third-order valence-electron chi connectivity index (χ3n) is 7.80. The normalized spacial score (nSPS) is 26.9. The topological polar surface area (TPSA) is 129 Å². The zero-order valence-electron chi connectivity index (χ0n) is 21.6. The summed E-state index contributed by atoms with van der Waals surface area (Å²) in [5.74, 6) is -2.55. The minimum Gasteiger partial charge on any atom is -0.472 e. The molecule has 7 rings (SSSR count). The summed E-state index contributed by atoms with van der Waals surface area (Å²) in [5.41, 5.74) is 0.256. The Morgan fingerprint density at radius 3 is 2.46 bits per heavy atom. The minimum atomic E-state index is -2.71. The average Bonchev–Trinajstić information content (AvgIpc) is 3.85. The molecule has 1 N–H and O–H groups in total. The van der Waals surface area contributed by atoms with Gasteiger partial charge in [0.2, 0.25) is 5.88 Å². The molecule has 2 saturated heterocycles. The van der Waals surface area contributed by atoms with Gasteiger partial charge in [-0.1, -0.05) is 11.6 Å². The van der Waals surface area contributed by atoms with Crippen molar-refractivity contribution in [2.45, 2.75) is 73.6 Å². The zero-order valence-corrected chi connectivity index (χ0v) is 23.2. The van der Waals surface area contributed by atoms with E-state index in [1.807, 2.05) is 0 Å². The van der Waals surface area contributed by atoms with Crippen molar-refractivity contribution in [2.24, 2.45) is 9.36 Å². The fraction of sp³-hybridized carbons (Fsp3) is 0.519. The fourth-order valence-electron chi connectivity index (χ4n) is 5.35. The van der Waals surface area contributed by atoms with Crippen molar-refractivity contribution in [3.63, 3.8) is 0 Å². The lowest BCUT2D eigenvalue weighted by atomic mass is 10.1. The standard InChI is InChI=1S/C27H26ClF2N3O7S/c28-16-7-19-20(8-23(31-19)40-22-11-38-24-21(34)10-37-25(22)24)32-27(16)39-9-15-17(29)5-12(6-18(15)30)26(35)33-41(36,13-1-2-13)14-3-4-14/h5-7,13-14,21-22,24-25,34H,1-4,8-11H2/t21-,22-,24-,25-/m1/s1. The number of halogens is 3. The van der Waals surface area contributed by atoms with E-state index in [2.05, 4.69) is 14.3 Å². The number of nitrogens with zero attached hydrogens (tertiary/aromatic N) is 3. The molecule has 10 nitrogen and oxygen atoms in total. The Bertz CT molecular complexity index is 1550. The lowest BCUT2D eigenvalue weighted by molar-refractivity contribution is 0.00558. The first kappa shape index (κ1) is 27.1. The number of fused-ring (bicyclic) bond motifs is 2. The summed E-state index contributed by atoms with van der Waals surface area (Å²) in [4.78, 5) is 21.5. The summed E-state index contributed by atoms with van der Waals surface area (Å²) < 4.78 is 69.7. The van der Waals surface area contributed by atoms with Gasteiger partial charge in [-0.15, -0.1) is 0 Å². The van der Waals surface area contributed by atoms with Crippen molar-refractivity contribution in [1.82, 2.24) is 4.98 Å². The Hall–Kier alpha value is -2.71. The Balaban J connectivity index is 1.02. The van der Waals surface area contributed by atoms with Gasteiger partial charge in [0.25, 0.3) is 5.91 Å². The fourth-order valence-corrected chi connectivity index (χ4v) is 8.38. The van der Waals surface area contributed by atoms with Gasteiger partial charge in [0.05, 0.1) is 46.3 Å². The predicted molar refractivity (Wildman–Crippen MR) is 142 cm³/mol. The lowest BCUT2D eigenvalue weighted by Crippen LogP contribution is -2.34. The van der Waals surface area contributed by atoms with Crippen LogP contribution in [0.2, 0.25) is 5.02 Å². The van der Waals surface area contributed by atoms with Crippen LogP contribution in [0.1, 0.15) is 47.3 Å². The molecule has 0 spiro atoms. The van der Waals surface area contributed by atoms with E-state index in [0.717, 1.165) is 37.8 Å². The highest BCUT2D eigenvalue weighted by atomic mass is 35.5. The van der Waals surface area contributed by atoms with E-state index >= 15 is 0 Å². The Morgan fingerprint density at radius 1 is 1.10 bits per heavy atom. The van der Waals surface area contributed by atoms with Crippen molar-refractivity contribution in [3.05, 3.63) is 51.7 Å². The molecule has 2 saturated carbocycles. The third kappa shape index (κ3) is 5.11. The van der Waals surface area contributed by atoms with Crippen molar-refractivity contribution in [1.29, 1.82) is 0 Å². The van der Waals surface area contributed by atoms with E-state index < -0.39 is 63.9 Å². The van der Waals surface area contributed by atoms with Crippen LogP contribution in [0.4, 0.5) is 14.5 Å². The van der Waals surface area contributed by atoms with E-state index in [1.165, 1.54) is 6.07 Å². The summed E-state index contributed by atoms with van der Waals surface area (Å²) in [5, 5.41) is 9.78. The molecule has 41 heavy (non-hydrogen) atoms. The van der Waals surface area contributed by atoms with E-state index in [1.54, 1.807) is 0 Å². The van der Waals surface area contributed by atoms with Gasteiger partial charge in [-0.25, -0.2) is 23.0 Å². The number of benzene rings is 1. The van der Waals surface area contributed by atoms with Gasteiger partial charge in [0.1, 0.15) is 41.6 Å². The first-order valence-electron chi connectivity index (χ1n) is 13.4. The lowest BCUT2D eigenvalue weighted by Gasteiger charge is -2.17. The number of amides is 1. The number of rotatable bonds is 7. The number of pyridine rings is 1. The smallest absolute Gasteiger partial charge is 0.285 e. The average molecular weight is 610 g/mol. The molecule has 0 radical (unpaired) electrons. The van der Waals surface area contributed by atoms with Gasteiger partial charge in [-0.3, -0.25) is 4.79 Å². The molecular formula is C27H26ClF2N3O7S. The van der Waals surface area contributed by atoms with Gasteiger partial charge >= 0.3 is 0 Å². The molecule has 2 aliphatic carbocycles. The number of carbonyl (C=O) groups is 1. The molecule has 14 heteroatoms. The molecule has 5 aliphatic rings. The summed E-state index contributed by atoms with van der Waals surface area (Å²) in [6.07, 6.45) is 1.27. The van der Waals surface area contributed by atoms with E-state index in [9.17, 15) is 22.9 Å². The van der Waals surface area contributed by atoms with Gasteiger partial charge in [-0.05, 0) is 43.9 Å². The van der Waals surface area contributed by atoms with Crippen LogP contribution >= 0.6 is 11.6 Å². The number of aliphatic hydroxyl groups is 1. The monoisotopic (exact) mass is 609 g/mol. The molecule has 1 amide bonds. The van der Waals surface area contributed by atoms with Crippen molar-refractivity contribution >= 4 is 38.8 Å². The molecule has 4 heterocycles. The number of aliphatic hydroxyl groups excluding tert-OH is 1. The Kier molecular flexibility index (Phi) is 6.77. The maximum absolute atomic E-state index is 14.9. The van der Waals surface area contributed by atoms with Crippen LogP contribution in [-0.2, 0) is 37.0 Å². The number of aliphatic imine (C=N–C) groups is 1. The SMILES string of the molecule is O=C(N=S(=O)(C1CC1)C1CC1)c1cc(F)c(COc2nc3c(cc2Cl)N=C(O[C@@H]2CO[C@H]4[C@@H]2OC[C@H]4O)C3)c(F)c1. The van der Waals surface area contributed by atoms with Gasteiger partial charge < -0.3 is 24.1 Å². The summed E-state index contributed by atoms with van der Waals surface area (Å²) in [7, 11) is -2.71. The Morgan fingerprint density at radius 2 is 1.78 bits per heavy atom. The van der Waals surface area contributed by atoms with Crippen LogP contribution in [0.25, 0.3) is 0 Å². The van der Waals surface area contributed by atoms with Crippen molar-refractivity contribution in [3.8, 4) is 5.88 Å². The first-order valence-corrected chi connectivity index (χ1v) is 15.5. The van der Waals surface area contributed by atoms with Crippen LogP contribution < -0.4 is 4.74 Å². The van der Waals surface area contributed by atoms with Crippen LogP contribution in [0.3, 0.4) is 0 Å². The second kappa shape index (κ2) is 10.2. The van der Waals surface area contributed by atoms with Crippen LogP contribution in [0.5, 0.6) is 5.88 Å². The van der Waals surface area contributed by atoms with Crippen LogP contribution in [0.15, 0.2) is 27.6 Å². The molecule has 0 unspecified atom stereocenters. The molecule has 1 aromatic heterocycles. The first-order chi connectivity index (χ1) is 19.7. The number of carbonyl (C=O) groups excluding carboxylic acids is 1. The second-order valence-electron chi connectivity index (χ2n) is 10.9. The number of ether oxygens (including phenoxy) is 4. The Labute approximate surface area is 239 Å². The highest BCUT2D eigenvalue weighted by Gasteiger charge is 2.49. The molecule has 1 aromatic carbocycles. The van der Waals surface area contributed by atoms with Gasteiger partial charge in [0.15, 0.2) is 12.0 Å². The largest absolute Gasteiger partial charge is 0.472 e. The number of aromatic nitrogens is 1. The number of hydrogen-bond donors (Lipinski definition) is 1. The molecule has 3 aliphatic heterocycles. The summed E-state index contributed by atoms with van der Waals surface area (Å²) in [6.45, 7) is -0.111. The molecule has 0 bridgehead atoms. The molecule has 4 fully saturated rings. The molecular weight excluding hydrogens is 584 g/mol. The summed E-state index contributed by atoms with van der Waals surface area (Å²) in [6, 6.07) is 3.28. The molecule has 218 valence electrons. The maximum atomic E-state index is 14.9. The van der Waals surface area contributed by atoms with E-state index in [0.29, 0.717) is 17.3 Å². The van der Waals surface area contributed by atoms with Crippen LogP contribution in [0, 0.1) is 11.6 Å².